The molecule has 0 aliphatic carbocycles. The fraction of sp³-hybridized carbons (Fsp3) is 0.0833. The molecule has 1 heterocycles. The summed E-state index contributed by atoms with van der Waals surface area (Å²) < 4.78 is 23.8. The van der Waals surface area contributed by atoms with Crippen LogP contribution in [0.25, 0.3) is 0 Å². The topological polar surface area (TPSA) is 39.4 Å². The van der Waals surface area contributed by atoms with E-state index < -0.39 is 5.82 Å². The van der Waals surface area contributed by atoms with Crippen molar-refractivity contribution in [1.29, 1.82) is 0 Å². The first kappa shape index (κ1) is 11.9. The minimum absolute atomic E-state index is 0.0992. The molecule has 5 heteroatoms. The van der Waals surface area contributed by atoms with Crippen LogP contribution in [0.5, 0.6) is 5.75 Å². The van der Waals surface area contributed by atoms with Gasteiger partial charge in [0, 0.05) is 5.56 Å². The van der Waals surface area contributed by atoms with Crippen LogP contribution in [-0.2, 0) is 0 Å². The SMILES string of the molecule is COc1ccc(C(=O)c2ccc(Br)o2)cc1F. The van der Waals surface area contributed by atoms with Crippen molar-refractivity contribution in [2.24, 2.45) is 0 Å². The summed E-state index contributed by atoms with van der Waals surface area (Å²) in [5.41, 5.74) is 0.213. The van der Waals surface area contributed by atoms with Gasteiger partial charge in [-0.25, -0.2) is 4.39 Å². The van der Waals surface area contributed by atoms with Crippen LogP contribution in [0, 0.1) is 5.82 Å². The van der Waals surface area contributed by atoms with E-state index in [9.17, 15) is 9.18 Å². The molecule has 1 aromatic heterocycles. The van der Waals surface area contributed by atoms with Crippen LogP contribution in [-0.4, -0.2) is 12.9 Å². The quantitative estimate of drug-likeness (QED) is 0.815. The Balaban J connectivity index is 2.35. The standard InChI is InChI=1S/C12H8BrFO3/c1-16-9-3-2-7(6-8(9)14)12(15)10-4-5-11(13)17-10/h2-6H,1H3. The second kappa shape index (κ2) is 4.71. The van der Waals surface area contributed by atoms with Crippen molar-refractivity contribution in [3.8, 4) is 5.75 Å². The van der Waals surface area contributed by atoms with Gasteiger partial charge in [0.25, 0.3) is 0 Å². The predicted molar refractivity (Wildman–Crippen MR) is 62.8 cm³/mol. The van der Waals surface area contributed by atoms with Crippen molar-refractivity contribution in [1.82, 2.24) is 0 Å². The van der Waals surface area contributed by atoms with Gasteiger partial charge in [0.2, 0.25) is 5.78 Å². The molecular formula is C12H8BrFO3. The highest BCUT2D eigenvalue weighted by Gasteiger charge is 2.15. The van der Waals surface area contributed by atoms with E-state index in [1.807, 2.05) is 0 Å². The molecule has 0 atom stereocenters. The molecule has 17 heavy (non-hydrogen) atoms. The van der Waals surface area contributed by atoms with Crippen LogP contribution in [0.3, 0.4) is 0 Å². The smallest absolute Gasteiger partial charge is 0.228 e. The van der Waals surface area contributed by atoms with Gasteiger partial charge in [-0.1, -0.05) is 0 Å². The van der Waals surface area contributed by atoms with Crippen molar-refractivity contribution >= 4 is 21.7 Å². The zero-order valence-electron chi connectivity index (χ0n) is 8.87. The molecule has 0 bridgehead atoms. The molecule has 0 saturated heterocycles. The number of halogens is 2. The molecule has 0 spiro atoms. The van der Waals surface area contributed by atoms with Crippen LogP contribution in [0.2, 0.25) is 0 Å². The molecule has 0 N–H and O–H groups in total. The maximum atomic E-state index is 13.4. The van der Waals surface area contributed by atoms with Gasteiger partial charge in [-0.05, 0) is 46.3 Å². The van der Waals surface area contributed by atoms with E-state index in [1.165, 1.54) is 25.3 Å². The van der Waals surface area contributed by atoms with Gasteiger partial charge >= 0.3 is 0 Å². The lowest BCUT2D eigenvalue weighted by Crippen LogP contribution is -2.01. The van der Waals surface area contributed by atoms with Gasteiger partial charge in [-0.3, -0.25) is 4.79 Å². The molecule has 0 aliphatic rings. The molecule has 88 valence electrons. The van der Waals surface area contributed by atoms with Gasteiger partial charge in [-0.15, -0.1) is 0 Å². The zero-order chi connectivity index (χ0) is 12.4. The Kier molecular flexibility index (Phi) is 3.28. The van der Waals surface area contributed by atoms with Gasteiger partial charge in [0.1, 0.15) is 0 Å². The third kappa shape index (κ3) is 2.39. The largest absolute Gasteiger partial charge is 0.494 e. The zero-order valence-corrected chi connectivity index (χ0v) is 10.5. The highest BCUT2D eigenvalue weighted by Crippen LogP contribution is 2.21. The minimum atomic E-state index is -0.580. The van der Waals surface area contributed by atoms with Crippen molar-refractivity contribution in [2.45, 2.75) is 0 Å². The number of methoxy groups -OCH3 is 1. The predicted octanol–water partition coefficient (Wildman–Crippen LogP) is 3.42. The Morgan fingerprint density at radius 3 is 2.65 bits per heavy atom. The Morgan fingerprint density at radius 1 is 1.35 bits per heavy atom. The van der Waals surface area contributed by atoms with Gasteiger partial charge in [0.05, 0.1) is 7.11 Å². The number of carbonyl (C=O) groups is 1. The molecule has 0 unspecified atom stereocenters. The minimum Gasteiger partial charge on any atom is -0.494 e. The van der Waals surface area contributed by atoms with Crippen molar-refractivity contribution < 1.29 is 18.3 Å². The number of carbonyl (C=O) groups excluding carboxylic acids is 1. The lowest BCUT2D eigenvalue weighted by molar-refractivity contribution is 0.101. The van der Waals surface area contributed by atoms with Crippen LogP contribution in [0.1, 0.15) is 16.1 Å². The number of rotatable bonds is 3. The van der Waals surface area contributed by atoms with E-state index >= 15 is 0 Å². The summed E-state index contributed by atoms with van der Waals surface area (Å²) in [5.74, 6) is -0.704. The lowest BCUT2D eigenvalue weighted by Gasteiger charge is -2.03. The second-order valence-electron chi connectivity index (χ2n) is 3.28. The average molecular weight is 299 g/mol. The van der Waals surface area contributed by atoms with Crippen LogP contribution < -0.4 is 4.74 Å². The van der Waals surface area contributed by atoms with E-state index in [-0.39, 0.29) is 22.9 Å². The molecule has 2 rings (SSSR count). The maximum Gasteiger partial charge on any atom is 0.228 e. The summed E-state index contributed by atoms with van der Waals surface area (Å²) in [4.78, 5) is 11.9. The van der Waals surface area contributed by atoms with Crippen molar-refractivity contribution in [2.75, 3.05) is 7.11 Å². The Morgan fingerprint density at radius 2 is 2.12 bits per heavy atom. The Hall–Kier alpha value is -1.62. The molecule has 2 aromatic rings. The van der Waals surface area contributed by atoms with E-state index in [1.54, 1.807) is 6.07 Å². The fourth-order valence-corrected chi connectivity index (χ4v) is 1.69. The summed E-state index contributed by atoms with van der Waals surface area (Å²) in [6.45, 7) is 0. The highest BCUT2D eigenvalue weighted by atomic mass is 79.9. The normalized spacial score (nSPS) is 10.3. The second-order valence-corrected chi connectivity index (χ2v) is 4.06. The molecule has 0 amide bonds. The summed E-state index contributed by atoms with van der Waals surface area (Å²) in [5, 5.41) is 0. The van der Waals surface area contributed by atoms with E-state index in [0.717, 1.165) is 6.07 Å². The third-order valence-electron chi connectivity index (χ3n) is 2.21. The number of hydrogen-bond acceptors (Lipinski definition) is 3. The van der Waals surface area contributed by atoms with Crippen molar-refractivity contribution in [3.05, 3.63) is 52.1 Å². The molecule has 0 radical (unpaired) electrons. The number of ether oxygens (including phenoxy) is 1. The monoisotopic (exact) mass is 298 g/mol. The fourth-order valence-electron chi connectivity index (χ4n) is 1.39. The first-order valence-electron chi connectivity index (χ1n) is 4.75. The van der Waals surface area contributed by atoms with Gasteiger partial charge in [0.15, 0.2) is 22.0 Å². The molecule has 3 nitrogen and oxygen atoms in total. The van der Waals surface area contributed by atoms with E-state index in [0.29, 0.717) is 4.67 Å². The van der Waals surface area contributed by atoms with Crippen molar-refractivity contribution in [3.63, 3.8) is 0 Å². The highest BCUT2D eigenvalue weighted by molar-refractivity contribution is 9.10. The molecule has 0 fully saturated rings. The van der Waals surface area contributed by atoms with Crippen LogP contribution >= 0.6 is 15.9 Å². The first-order valence-corrected chi connectivity index (χ1v) is 5.54. The van der Waals surface area contributed by atoms with Crippen LogP contribution in [0.15, 0.2) is 39.4 Å². The summed E-state index contributed by atoms with van der Waals surface area (Å²) in [6, 6.07) is 7.14. The first-order chi connectivity index (χ1) is 8.11. The average Bonchev–Trinajstić information content (AvgIpc) is 2.75. The number of furan rings is 1. The summed E-state index contributed by atoms with van der Waals surface area (Å²) >= 11 is 3.10. The van der Waals surface area contributed by atoms with Gasteiger partial charge in [-0.2, -0.15) is 0 Å². The number of ketones is 1. The van der Waals surface area contributed by atoms with E-state index in [2.05, 4.69) is 15.9 Å². The Labute approximate surface area is 105 Å². The molecule has 1 aromatic carbocycles. The third-order valence-corrected chi connectivity index (χ3v) is 2.64. The number of benzene rings is 1. The van der Waals surface area contributed by atoms with Gasteiger partial charge < -0.3 is 9.15 Å². The summed E-state index contributed by atoms with van der Waals surface area (Å²) in [6.07, 6.45) is 0. The molecular weight excluding hydrogens is 291 g/mol. The Bertz CT molecular complexity index is 563. The lowest BCUT2D eigenvalue weighted by atomic mass is 10.1. The molecule has 0 aliphatic heterocycles. The van der Waals surface area contributed by atoms with E-state index in [4.69, 9.17) is 9.15 Å². The number of hydrogen-bond donors (Lipinski definition) is 0. The van der Waals surface area contributed by atoms with Crippen LogP contribution in [0.4, 0.5) is 4.39 Å². The summed E-state index contributed by atoms with van der Waals surface area (Å²) in [7, 11) is 1.36. The maximum absolute atomic E-state index is 13.4. The molecule has 0 saturated carbocycles.